The van der Waals surface area contributed by atoms with Crippen LogP contribution in [0.3, 0.4) is 0 Å². The van der Waals surface area contributed by atoms with Gasteiger partial charge in [-0.25, -0.2) is 0 Å². The van der Waals surface area contributed by atoms with Gasteiger partial charge in [-0.15, -0.1) is 12.6 Å². The number of hydrogen-bond donors (Lipinski definition) is 1. The van der Waals surface area contributed by atoms with Crippen LogP contribution in [0.2, 0.25) is 0 Å². The van der Waals surface area contributed by atoms with Gasteiger partial charge in [0.15, 0.2) is 5.76 Å². The summed E-state index contributed by atoms with van der Waals surface area (Å²) in [6.45, 7) is 0. The fraction of sp³-hybridized carbons (Fsp3) is 0.0833. The van der Waals surface area contributed by atoms with E-state index in [2.05, 4.69) is 12.6 Å². The van der Waals surface area contributed by atoms with E-state index in [1.54, 1.807) is 12.1 Å². The molecule has 0 aliphatic rings. The molecule has 0 radical (unpaired) electrons. The summed E-state index contributed by atoms with van der Waals surface area (Å²) in [4.78, 5) is 12.3. The molecule has 0 fully saturated rings. The second-order valence-corrected chi connectivity index (χ2v) is 3.86. The van der Waals surface area contributed by atoms with Crippen molar-refractivity contribution in [2.45, 2.75) is 0 Å². The van der Waals surface area contributed by atoms with Crippen LogP contribution in [0.1, 0.15) is 16.2 Å². The highest BCUT2D eigenvalue weighted by Gasteiger charge is 2.08. The van der Waals surface area contributed by atoms with Gasteiger partial charge in [-0.1, -0.05) is 0 Å². The molecule has 0 N–H and O–H groups in total. The number of allylic oxidation sites excluding steroid dienone is 1. The van der Waals surface area contributed by atoms with Gasteiger partial charge in [0.2, 0.25) is 5.78 Å². The Balaban J connectivity index is 2.26. The fourth-order valence-electron chi connectivity index (χ4n) is 1.42. The Morgan fingerprint density at radius 2 is 2.25 bits per heavy atom. The summed E-state index contributed by atoms with van der Waals surface area (Å²) in [5.41, 5.74) is 0.892. The molecule has 0 bridgehead atoms. The van der Waals surface area contributed by atoms with Crippen LogP contribution >= 0.6 is 12.6 Å². The number of carbonyl (C=O) groups is 1. The number of aromatic nitrogens is 1. The van der Waals surface area contributed by atoms with Crippen LogP contribution in [0, 0.1) is 0 Å². The van der Waals surface area contributed by atoms with E-state index in [4.69, 9.17) is 4.42 Å². The van der Waals surface area contributed by atoms with Crippen molar-refractivity contribution >= 4 is 23.3 Å². The van der Waals surface area contributed by atoms with E-state index in [1.165, 1.54) is 12.3 Å². The second kappa shape index (κ2) is 4.45. The zero-order valence-corrected chi connectivity index (χ0v) is 9.65. The Hall–Kier alpha value is -1.68. The highest BCUT2D eigenvalue weighted by molar-refractivity contribution is 7.90. The molecule has 2 aromatic heterocycles. The summed E-state index contributed by atoms with van der Waals surface area (Å²) in [5.74, 6) is 0.136. The van der Waals surface area contributed by atoms with Crippen molar-refractivity contribution in [1.29, 1.82) is 0 Å². The zero-order chi connectivity index (χ0) is 11.5. The largest absolute Gasteiger partial charge is 0.461 e. The average molecular weight is 233 g/mol. The molecule has 0 saturated carbocycles. The Morgan fingerprint density at radius 3 is 2.81 bits per heavy atom. The minimum atomic E-state index is -0.184. The van der Waals surface area contributed by atoms with Gasteiger partial charge >= 0.3 is 0 Å². The molecular weight excluding hydrogens is 222 g/mol. The molecule has 16 heavy (non-hydrogen) atoms. The number of aryl methyl sites for hydroxylation is 1. The van der Waals surface area contributed by atoms with Crippen molar-refractivity contribution in [3.05, 3.63) is 54.3 Å². The Labute approximate surface area is 98.8 Å². The van der Waals surface area contributed by atoms with Gasteiger partial charge < -0.3 is 8.98 Å². The van der Waals surface area contributed by atoms with E-state index in [-0.39, 0.29) is 5.78 Å². The summed E-state index contributed by atoms with van der Waals surface area (Å²) < 4.78 is 6.91. The lowest BCUT2D eigenvalue weighted by Gasteiger charge is -2.01. The predicted octanol–water partition coefficient (Wildman–Crippen LogP) is 2.77. The first-order chi connectivity index (χ1) is 7.68. The minimum absolute atomic E-state index is 0.184. The lowest BCUT2D eigenvalue weighted by Crippen LogP contribution is -1.95. The minimum Gasteiger partial charge on any atom is -0.461 e. The molecule has 0 saturated heterocycles. The van der Waals surface area contributed by atoms with Crippen molar-refractivity contribution < 1.29 is 9.21 Å². The first-order valence-electron chi connectivity index (χ1n) is 4.78. The van der Waals surface area contributed by atoms with Gasteiger partial charge in [0, 0.05) is 24.2 Å². The SMILES string of the molecule is Cn1cccc1/C(S)=C/C(=O)c1ccco1. The van der Waals surface area contributed by atoms with Gasteiger partial charge in [0.05, 0.1) is 12.0 Å². The highest BCUT2D eigenvalue weighted by Crippen LogP contribution is 2.19. The Morgan fingerprint density at radius 1 is 1.44 bits per heavy atom. The summed E-state index contributed by atoms with van der Waals surface area (Å²) in [6.07, 6.45) is 4.83. The van der Waals surface area contributed by atoms with Crippen molar-refractivity contribution in [1.82, 2.24) is 4.57 Å². The van der Waals surface area contributed by atoms with E-state index in [0.717, 1.165) is 5.69 Å². The molecule has 0 spiro atoms. The average Bonchev–Trinajstić information content (AvgIpc) is 2.86. The maximum absolute atomic E-state index is 11.7. The molecular formula is C12H11NO2S. The molecule has 4 heteroatoms. The summed E-state index contributed by atoms with van der Waals surface area (Å²) >= 11 is 4.30. The molecule has 0 atom stereocenters. The van der Waals surface area contributed by atoms with E-state index < -0.39 is 0 Å². The molecule has 3 nitrogen and oxygen atoms in total. The maximum atomic E-state index is 11.7. The monoisotopic (exact) mass is 233 g/mol. The van der Waals surface area contributed by atoms with Crippen molar-refractivity contribution in [2.75, 3.05) is 0 Å². The molecule has 82 valence electrons. The van der Waals surface area contributed by atoms with Gasteiger partial charge in [-0.05, 0) is 24.3 Å². The predicted molar refractivity (Wildman–Crippen MR) is 65.4 cm³/mol. The molecule has 2 rings (SSSR count). The molecule has 0 unspecified atom stereocenters. The first kappa shape index (κ1) is 10.8. The Bertz CT molecular complexity index is 523. The second-order valence-electron chi connectivity index (χ2n) is 3.38. The van der Waals surface area contributed by atoms with Crippen LogP contribution in [-0.2, 0) is 7.05 Å². The number of ketones is 1. The van der Waals surface area contributed by atoms with Crippen molar-refractivity contribution in [3.8, 4) is 0 Å². The lowest BCUT2D eigenvalue weighted by molar-refractivity contribution is 0.102. The zero-order valence-electron chi connectivity index (χ0n) is 8.75. The third-order valence-corrected chi connectivity index (χ3v) is 2.60. The number of rotatable bonds is 3. The number of hydrogen-bond acceptors (Lipinski definition) is 3. The smallest absolute Gasteiger partial charge is 0.222 e. The number of thiol groups is 1. The van der Waals surface area contributed by atoms with Gasteiger partial charge in [-0.2, -0.15) is 0 Å². The third-order valence-electron chi connectivity index (χ3n) is 2.24. The van der Waals surface area contributed by atoms with E-state index in [1.807, 2.05) is 29.9 Å². The van der Waals surface area contributed by atoms with Crippen molar-refractivity contribution in [3.63, 3.8) is 0 Å². The van der Waals surface area contributed by atoms with E-state index in [0.29, 0.717) is 10.7 Å². The van der Waals surface area contributed by atoms with Gasteiger partial charge in [0.25, 0.3) is 0 Å². The van der Waals surface area contributed by atoms with Crippen LogP contribution in [0.5, 0.6) is 0 Å². The van der Waals surface area contributed by atoms with Crippen LogP contribution in [0.15, 0.2) is 47.2 Å². The number of carbonyl (C=O) groups excluding carboxylic acids is 1. The van der Waals surface area contributed by atoms with Crippen molar-refractivity contribution in [2.24, 2.45) is 7.05 Å². The van der Waals surface area contributed by atoms with Crippen LogP contribution in [-0.4, -0.2) is 10.4 Å². The molecule has 0 aliphatic heterocycles. The molecule has 0 aromatic carbocycles. The maximum Gasteiger partial charge on any atom is 0.222 e. The number of furan rings is 1. The molecule has 0 aliphatic carbocycles. The van der Waals surface area contributed by atoms with Crippen LogP contribution < -0.4 is 0 Å². The summed E-state index contributed by atoms with van der Waals surface area (Å²) in [7, 11) is 1.90. The number of nitrogens with zero attached hydrogens (tertiary/aromatic N) is 1. The van der Waals surface area contributed by atoms with Gasteiger partial charge in [-0.3, -0.25) is 4.79 Å². The molecule has 0 amide bonds. The standard InChI is InChI=1S/C12H11NO2S/c1-13-6-2-4-9(13)12(16)8-10(14)11-5-3-7-15-11/h2-8,16H,1H3/b12-8-. The van der Waals surface area contributed by atoms with Gasteiger partial charge in [0.1, 0.15) is 0 Å². The third kappa shape index (κ3) is 2.12. The molecule has 2 aromatic rings. The first-order valence-corrected chi connectivity index (χ1v) is 5.23. The fourth-order valence-corrected chi connectivity index (χ4v) is 1.76. The summed E-state index contributed by atoms with van der Waals surface area (Å²) in [6, 6.07) is 7.11. The Kier molecular flexibility index (Phi) is 3.01. The summed E-state index contributed by atoms with van der Waals surface area (Å²) in [5, 5.41) is 0. The van der Waals surface area contributed by atoms with E-state index in [9.17, 15) is 4.79 Å². The highest BCUT2D eigenvalue weighted by atomic mass is 32.1. The topological polar surface area (TPSA) is 35.1 Å². The lowest BCUT2D eigenvalue weighted by atomic mass is 10.2. The quantitative estimate of drug-likeness (QED) is 0.502. The van der Waals surface area contributed by atoms with E-state index >= 15 is 0 Å². The van der Waals surface area contributed by atoms with Crippen LogP contribution in [0.4, 0.5) is 0 Å². The molecule has 2 heterocycles. The van der Waals surface area contributed by atoms with Crippen LogP contribution in [0.25, 0.3) is 4.91 Å². The normalized spacial score (nSPS) is 11.8.